The van der Waals surface area contributed by atoms with Crippen LogP contribution in [0.1, 0.15) is 42.4 Å². The number of carbonyl (C=O) groups is 3. The first-order valence-electron chi connectivity index (χ1n) is 11.8. The minimum atomic E-state index is -0.717. The molecule has 1 aliphatic rings. The molecule has 1 aliphatic heterocycles. The number of halogens is 2. The Morgan fingerprint density at radius 1 is 1.11 bits per heavy atom. The van der Waals surface area contributed by atoms with Crippen molar-refractivity contribution in [1.29, 1.82) is 0 Å². The number of hydrogen-bond acceptors (Lipinski definition) is 6. The van der Waals surface area contributed by atoms with Crippen LogP contribution >= 0.6 is 34.5 Å². The lowest BCUT2D eigenvalue weighted by atomic mass is 10.0. The fraction of sp³-hybridized carbons (Fsp3) is 0.179. The number of aromatic nitrogens is 2. The van der Waals surface area contributed by atoms with Gasteiger partial charge in [-0.15, -0.1) is 11.3 Å². The number of ketones is 1. The zero-order chi connectivity index (χ0) is 26.8. The number of rotatable bonds is 6. The second-order valence-electron chi connectivity index (χ2n) is 9.01. The maximum atomic E-state index is 13.7. The van der Waals surface area contributed by atoms with E-state index in [1.54, 1.807) is 53.7 Å². The fourth-order valence-electron chi connectivity index (χ4n) is 4.34. The predicted octanol–water partition coefficient (Wildman–Crippen LogP) is 5.78. The second-order valence-corrected chi connectivity index (χ2v) is 11.1. The average Bonchev–Trinajstić information content (AvgIpc) is 3.23. The highest BCUT2D eigenvalue weighted by Gasteiger charge is 2.37. The second kappa shape index (κ2) is 11.0. The third-order valence-electron chi connectivity index (χ3n) is 6.26. The summed E-state index contributed by atoms with van der Waals surface area (Å²) in [5.74, 6) is -0.348. The van der Waals surface area contributed by atoms with Crippen LogP contribution in [-0.2, 0) is 24.2 Å². The third kappa shape index (κ3) is 5.62. The number of amides is 2. The van der Waals surface area contributed by atoms with E-state index in [0.29, 0.717) is 31.9 Å². The molecule has 7 nitrogen and oxygen atoms in total. The summed E-state index contributed by atoms with van der Waals surface area (Å²) in [5, 5.41) is 2.96. The van der Waals surface area contributed by atoms with Crippen molar-refractivity contribution in [2.75, 3.05) is 5.32 Å². The van der Waals surface area contributed by atoms with Gasteiger partial charge in [0.25, 0.3) is 11.8 Å². The van der Waals surface area contributed by atoms with Crippen molar-refractivity contribution in [2.45, 2.75) is 32.4 Å². The van der Waals surface area contributed by atoms with E-state index in [1.807, 2.05) is 25.1 Å². The standard InChI is InChI=1S/C28H22Cl2N4O3S/c1-16-5-8-25(32-14-16)33-27(36)20-7-6-17(10-21(20)29)15-34-22(13-19-4-2-3-9-31-19)23(35)11-18-12-24(30)38-26(18)28(34)37/h2-10,12,14,22H,11,13,15H2,1H3,(H,32,33,36). The van der Waals surface area contributed by atoms with Crippen LogP contribution in [0.2, 0.25) is 9.36 Å². The number of nitrogens with zero attached hydrogens (tertiary/aromatic N) is 3. The lowest BCUT2D eigenvalue weighted by molar-refractivity contribution is -0.122. The van der Waals surface area contributed by atoms with Crippen molar-refractivity contribution in [3.05, 3.63) is 109 Å². The molecule has 0 saturated heterocycles. The molecule has 0 aliphatic carbocycles. The monoisotopic (exact) mass is 564 g/mol. The Kier molecular flexibility index (Phi) is 7.56. The molecular formula is C28H22Cl2N4O3S. The van der Waals surface area contributed by atoms with Crippen molar-refractivity contribution >= 4 is 58.0 Å². The number of pyridine rings is 2. The molecule has 192 valence electrons. The van der Waals surface area contributed by atoms with E-state index in [4.69, 9.17) is 23.2 Å². The Bertz CT molecular complexity index is 1520. The highest BCUT2D eigenvalue weighted by atomic mass is 35.5. The first kappa shape index (κ1) is 26.0. The minimum absolute atomic E-state index is 0.0927. The number of aryl methyl sites for hydroxylation is 1. The zero-order valence-electron chi connectivity index (χ0n) is 20.3. The van der Waals surface area contributed by atoms with Gasteiger partial charge in [0.15, 0.2) is 5.78 Å². The number of Topliss-reactive ketones (excluding diaryl/α,β-unsaturated/α-hetero) is 1. The van der Waals surface area contributed by atoms with Gasteiger partial charge in [0.05, 0.1) is 25.8 Å². The van der Waals surface area contributed by atoms with Crippen LogP contribution in [0.3, 0.4) is 0 Å². The molecular weight excluding hydrogens is 543 g/mol. The van der Waals surface area contributed by atoms with Crippen LogP contribution in [-0.4, -0.2) is 38.5 Å². The molecule has 38 heavy (non-hydrogen) atoms. The van der Waals surface area contributed by atoms with Crippen molar-refractivity contribution in [3.8, 4) is 0 Å². The number of anilines is 1. The van der Waals surface area contributed by atoms with Gasteiger partial charge in [-0.05, 0) is 60.0 Å². The molecule has 2 amide bonds. The number of hydrogen-bond donors (Lipinski definition) is 1. The summed E-state index contributed by atoms with van der Waals surface area (Å²) in [5.41, 5.74) is 3.27. The van der Waals surface area contributed by atoms with E-state index in [0.717, 1.165) is 5.56 Å². The van der Waals surface area contributed by atoms with Crippen molar-refractivity contribution in [3.63, 3.8) is 0 Å². The lowest BCUT2D eigenvalue weighted by Gasteiger charge is -2.29. The normalized spacial score (nSPS) is 15.2. The summed E-state index contributed by atoms with van der Waals surface area (Å²) in [6.45, 7) is 2.03. The van der Waals surface area contributed by atoms with E-state index in [9.17, 15) is 14.4 Å². The van der Waals surface area contributed by atoms with Crippen LogP contribution in [0.5, 0.6) is 0 Å². The van der Waals surface area contributed by atoms with Gasteiger partial charge in [-0.1, -0.05) is 41.4 Å². The zero-order valence-corrected chi connectivity index (χ0v) is 22.6. The van der Waals surface area contributed by atoms with Crippen molar-refractivity contribution < 1.29 is 14.4 Å². The smallest absolute Gasteiger partial charge is 0.265 e. The lowest BCUT2D eigenvalue weighted by Crippen LogP contribution is -2.44. The molecule has 1 atom stereocenters. The Morgan fingerprint density at radius 2 is 1.95 bits per heavy atom. The minimum Gasteiger partial charge on any atom is -0.323 e. The molecule has 1 aromatic carbocycles. The Morgan fingerprint density at radius 3 is 2.66 bits per heavy atom. The summed E-state index contributed by atoms with van der Waals surface area (Å²) in [6.07, 6.45) is 3.72. The van der Waals surface area contributed by atoms with E-state index in [2.05, 4.69) is 15.3 Å². The van der Waals surface area contributed by atoms with Crippen LogP contribution in [0, 0.1) is 6.92 Å². The molecule has 0 radical (unpaired) electrons. The molecule has 4 heterocycles. The molecule has 3 aromatic heterocycles. The van der Waals surface area contributed by atoms with Crippen molar-refractivity contribution in [2.24, 2.45) is 0 Å². The van der Waals surface area contributed by atoms with Gasteiger partial charge in [-0.2, -0.15) is 0 Å². The van der Waals surface area contributed by atoms with Crippen LogP contribution < -0.4 is 5.32 Å². The third-order valence-corrected chi connectivity index (χ3v) is 7.87. The summed E-state index contributed by atoms with van der Waals surface area (Å²) in [7, 11) is 0. The van der Waals surface area contributed by atoms with Gasteiger partial charge in [0.2, 0.25) is 0 Å². The maximum Gasteiger partial charge on any atom is 0.265 e. The van der Waals surface area contributed by atoms with Crippen molar-refractivity contribution in [1.82, 2.24) is 14.9 Å². The number of carbonyl (C=O) groups excluding carboxylic acids is 3. The first-order valence-corrected chi connectivity index (χ1v) is 13.4. The van der Waals surface area contributed by atoms with E-state index in [-0.39, 0.29) is 41.7 Å². The van der Waals surface area contributed by atoms with Gasteiger partial charge in [0, 0.05) is 37.5 Å². The van der Waals surface area contributed by atoms with Crippen LogP contribution in [0.25, 0.3) is 0 Å². The summed E-state index contributed by atoms with van der Waals surface area (Å²) in [6, 6.07) is 15.0. The molecule has 4 aromatic rings. The van der Waals surface area contributed by atoms with Gasteiger partial charge in [0.1, 0.15) is 5.82 Å². The van der Waals surface area contributed by atoms with Gasteiger partial charge >= 0.3 is 0 Å². The maximum absolute atomic E-state index is 13.7. The highest BCUT2D eigenvalue weighted by molar-refractivity contribution is 7.18. The van der Waals surface area contributed by atoms with E-state index in [1.165, 1.54) is 11.3 Å². The Balaban J connectivity index is 1.42. The SMILES string of the molecule is Cc1ccc(NC(=O)c2ccc(CN3C(=O)c4sc(Cl)cc4CC(=O)C3Cc3ccccn3)cc2Cl)nc1. The fourth-order valence-corrected chi connectivity index (χ4v) is 5.86. The summed E-state index contributed by atoms with van der Waals surface area (Å²) >= 11 is 13.9. The van der Waals surface area contributed by atoms with E-state index >= 15 is 0 Å². The highest BCUT2D eigenvalue weighted by Crippen LogP contribution is 2.33. The quantitative estimate of drug-likeness (QED) is 0.320. The number of thiophene rings is 1. The average molecular weight is 565 g/mol. The molecule has 0 bridgehead atoms. The molecule has 10 heteroatoms. The number of nitrogens with one attached hydrogen (secondary N) is 1. The van der Waals surface area contributed by atoms with Gasteiger partial charge < -0.3 is 10.2 Å². The molecule has 1 unspecified atom stereocenters. The van der Waals surface area contributed by atoms with Gasteiger partial charge in [-0.25, -0.2) is 4.98 Å². The molecule has 0 saturated carbocycles. The van der Waals surface area contributed by atoms with Gasteiger partial charge in [-0.3, -0.25) is 19.4 Å². The predicted molar refractivity (Wildman–Crippen MR) is 148 cm³/mol. The van der Waals surface area contributed by atoms with Crippen LogP contribution in [0.15, 0.2) is 67.0 Å². The largest absolute Gasteiger partial charge is 0.323 e. The number of benzene rings is 1. The topological polar surface area (TPSA) is 92.3 Å². The molecule has 0 spiro atoms. The molecule has 1 N–H and O–H groups in total. The van der Waals surface area contributed by atoms with E-state index < -0.39 is 11.9 Å². The van der Waals surface area contributed by atoms with Crippen LogP contribution in [0.4, 0.5) is 5.82 Å². The number of fused-ring (bicyclic) bond motifs is 1. The summed E-state index contributed by atoms with van der Waals surface area (Å²) < 4.78 is 0.459. The summed E-state index contributed by atoms with van der Waals surface area (Å²) in [4.78, 5) is 50.4. The first-order chi connectivity index (χ1) is 18.3. The Hall–Kier alpha value is -3.59. The molecule has 0 fully saturated rings. The molecule has 5 rings (SSSR count). The Labute approximate surface area is 233 Å².